The van der Waals surface area contributed by atoms with Crippen LogP contribution in [0.25, 0.3) is 0 Å². The van der Waals surface area contributed by atoms with Gasteiger partial charge in [0.25, 0.3) is 6.43 Å². The van der Waals surface area contributed by atoms with Crippen molar-refractivity contribution in [2.24, 2.45) is 0 Å². The summed E-state index contributed by atoms with van der Waals surface area (Å²) >= 11 is 0. The minimum absolute atomic E-state index is 0.192. The van der Waals surface area contributed by atoms with Crippen molar-refractivity contribution in [1.82, 2.24) is 0 Å². The summed E-state index contributed by atoms with van der Waals surface area (Å²) in [5, 5.41) is 10.7. The molecule has 0 spiro atoms. The van der Waals surface area contributed by atoms with E-state index in [1.807, 2.05) is 0 Å². The molecule has 0 aromatic heterocycles. The molecule has 0 saturated heterocycles. The number of esters is 1. The molecule has 224 valence electrons. The summed E-state index contributed by atoms with van der Waals surface area (Å²) in [4.78, 5) is 20.6. The fourth-order valence-corrected chi connectivity index (χ4v) is 2.46. The lowest BCUT2D eigenvalue weighted by molar-refractivity contribution is -0.426. The van der Waals surface area contributed by atoms with E-state index in [1.54, 1.807) is 0 Å². The Balaban J connectivity index is 3.54. The molecule has 3 atom stereocenters. The molecule has 39 heavy (non-hydrogen) atoms. The Kier molecular flexibility index (Phi) is 9.11. The predicted octanol–water partition coefficient (Wildman–Crippen LogP) is 6.59. The van der Waals surface area contributed by atoms with Crippen LogP contribution in [0.1, 0.15) is 0 Å². The zero-order valence-electron chi connectivity index (χ0n) is 17.6. The van der Waals surface area contributed by atoms with Crippen LogP contribution in [0, 0.1) is 10.1 Å². The third-order valence-electron chi connectivity index (χ3n) is 4.69. The Hall–Kier alpha value is -3.10. The minimum Gasteiger partial charge on any atom is -0.415 e. The highest BCUT2D eigenvalue weighted by molar-refractivity contribution is 5.82. The van der Waals surface area contributed by atoms with Gasteiger partial charge in [-0.25, -0.2) is 26.7 Å². The number of benzene rings is 1. The predicted molar refractivity (Wildman–Crippen MR) is 89.1 cm³/mol. The summed E-state index contributed by atoms with van der Waals surface area (Å²) in [5.41, 5.74) is -1.50. The van der Waals surface area contributed by atoms with Gasteiger partial charge in [0.2, 0.25) is 11.9 Å². The van der Waals surface area contributed by atoms with Crippen molar-refractivity contribution in [2.75, 3.05) is 0 Å². The van der Waals surface area contributed by atoms with Gasteiger partial charge < -0.3 is 4.74 Å². The van der Waals surface area contributed by atoms with Crippen LogP contribution in [0.15, 0.2) is 24.3 Å². The quantitative estimate of drug-likeness (QED) is 0.0878. The summed E-state index contributed by atoms with van der Waals surface area (Å²) in [6.07, 6.45) is -20.6. The fourth-order valence-electron chi connectivity index (χ4n) is 2.46. The van der Waals surface area contributed by atoms with Crippen LogP contribution in [0.3, 0.4) is 0 Å². The molecule has 0 heterocycles. The number of nitrogens with zero attached hydrogens (tertiary/aromatic N) is 1. The van der Waals surface area contributed by atoms with E-state index in [2.05, 4.69) is 4.74 Å². The molecule has 0 saturated carbocycles. The summed E-state index contributed by atoms with van der Waals surface area (Å²) in [6, 6.07) is 1.90. The van der Waals surface area contributed by atoms with Gasteiger partial charge in [-0.15, -0.1) is 0 Å². The van der Waals surface area contributed by atoms with Crippen molar-refractivity contribution in [3.05, 3.63) is 34.4 Å². The first-order valence-corrected chi connectivity index (χ1v) is 9.18. The Bertz CT molecular complexity index is 1060. The zero-order valence-corrected chi connectivity index (χ0v) is 17.6. The Morgan fingerprint density at radius 1 is 0.718 bits per heavy atom. The number of rotatable bonds is 12. The topological polar surface area (TPSA) is 69.4 Å². The van der Waals surface area contributed by atoms with E-state index in [9.17, 15) is 89.5 Å². The average Bonchev–Trinajstić information content (AvgIpc) is 2.81. The molecule has 0 radical (unpaired) electrons. The van der Waals surface area contributed by atoms with Crippen LogP contribution in [0.2, 0.25) is 0 Å². The molecule has 0 aliphatic rings. The lowest BCUT2D eigenvalue weighted by atomic mass is 9.88. The number of halogens is 17. The van der Waals surface area contributed by atoms with Crippen molar-refractivity contribution in [3.63, 3.8) is 0 Å². The summed E-state index contributed by atoms with van der Waals surface area (Å²) in [7, 11) is 0. The molecule has 1 aromatic rings. The van der Waals surface area contributed by atoms with Gasteiger partial charge in [0.15, 0.2) is 12.3 Å². The van der Waals surface area contributed by atoms with E-state index in [4.69, 9.17) is 0 Å². The summed E-state index contributed by atoms with van der Waals surface area (Å²) in [5.74, 6) is -54.6. The molecule has 1 aromatic carbocycles. The molecule has 3 unspecified atom stereocenters. The van der Waals surface area contributed by atoms with Crippen LogP contribution in [-0.2, 0) is 4.79 Å². The lowest BCUT2D eigenvalue weighted by Crippen LogP contribution is -2.73. The first-order valence-electron chi connectivity index (χ1n) is 9.18. The summed E-state index contributed by atoms with van der Waals surface area (Å²) in [6.45, 7) is 0. The van der Waals surface area contributed by atoms with Crippen LogP contribution in [0.5, 0.6) is 5.75 Å². The van der Waals surface area contributed by atoms with Crippen molar-refractivity contribution in [3.8, 4) is 5.75 Å². The fraction of sp³-hybridized carbons (Fsp3) is 0.588. The Morgan fingerprint density at radius 3 is 1.59 bits per heavy atom. The maximum Gasteiger partial charge on any atom is 0.411 e. The number of hydrogen-bond acceptors (Lipinski definition) is 4. The van der Waals surface area contributed by atoms with Gasteiger partial charge in [0.1, 0.15) is 0 Å². The molecule has 1 rings (SSSR count). The second kappa shape index (κ2) is 10.5. The van der Waals surface area contributed by atoms with E-state index in [1.165, 1.54) is 0 Å². The number of alkyl halides is 17. The van der Waals surface area contributed by atoms with Crippen molar-refractivity contribution < 1.29 is 89.1 Å². The van der Waals surface area contributed by atoms with E-state index in [0.717, 1.165) is 6.07 Å². The average molecular weight is 613 g/mol. The second-order valence-corrected chi connectivity index (χ2v) is 7.23. The molecule has 0 aliphatic carbocycles. The Morgan fingerprint density at radius 2 is 1.15 bits per heavy atom. The smallest absolute Gasteiger partial charge is 0.411 e. The zero-order chi connectivity index (χ0) is 31.2. The molecule has 0 N–H and O–H groups in total. The van der Waals surface area contributed by atoms with Crippen LogP contribution in [0.4, 0.5) is 80.3 Å². The number of nitro benzene ring substituents is 1. The van der Waals surface area contributed by atoms with E-state index < -0.39 is 82.8 Å². The van der Waals surface area contributed by atoms with E-state index in [-0.39, 0.29) is 6.07 Å². The molecule has 5 nitrogen and oxygen atoms in total. The molecule has 0 aliphatic heterocycles. The highest BCUT2D eigenvalue weighted by Crippen LogP contribution is 2.61. The maximum atomic E-state index is 13.9. The third-order valence-corrected chi connectivity index (χ3v) is 4.69. The summed E-state index contributed by atoms with van der Waals surface area (Å²) < 4.78 is 232. The minimum atomic E-state index is -8.59. The van der Waals surface area contributed by atoms with Crippen LogP contribution in [-0.4, -0.2) is 71.4 Å². The van der Waals surface area contributed by atoms with E-state index >= 15 is 0 Å². The molecule has 0 fully saturated rings. The molecule has 22 heteroatoms. The van der Waals surface area contributed by atoms with Crippen molar-refractivity contribution >= 4 is 11.7 Å². The van der Waals surface area contributed by atoms with Crippen LogP contribution < -0.4 is 4.74 Å². The second-order valence-electron chi connectivity index (χ2n) is 7.23. The molecular formula is C17H8F17NO4. The van der Waals surface area contributed by atoms with Crippen molar-refractivity contribution in [1.29, 1.82) is 0 Å². The molecule has 0 amide bonds. The molecule has 0 bridgehead atoms. The highest BCUT2D eigenvalue weighted by atomic mass is 19.4. The van der Waals surface area contributed by atoms with Gasteiger partial charge in [-0.05, 0) is 6.07 Å². The standard InChI is InChI=1S/C17H8F17NO4/c18-7(8(19)10(21)22)9(20)12(23,24)14(27,28)16(31,32)17(33,34)15(29,30)13(25,26)11(36)39-6-4-2-1-3-5(6)35(37)38/h1-4,7-10H. The van der Waals surface area contributed by atoms with Gasteiger partial charge in [-0.1, -0.05) is 12.1 Å². The van der Waals surface area contributed by atoms with Gasteiger partial charge in [0, 0.05) is 6.07 Å². The van der Waals surface area contributed by atoms with Gasteiger partial charge in [-0.2, -0.15) is 52.7 Å². The number of carbonyl (C=O) groups is 1. The maximum absolute atomic E-state index is 13.9. The SMILES string of the molecule is O=C(Oc1ccccc1[N+](=O)[O-])C(F)(F)C(F)(F)C(F)(F)C(F)(F)C(F)(F)C(F)(F)C(F)C(F)C(F)C(F)F. The number of ether oxygens (including phenoxy) is 1. The van der Waals surface area contributed by atoms with Gasteiger partial charge >= 0.3 is 47.2 Å². The van der Waals surface area contributed by atoms with E-state index in [0.29, 0.717) is 12.1 Å². The largest absolute Gasteiger partial charge is 0.415 e. The van der Waals surface area contributed by atoms with Gasteiger partial charge in [-0.3, -0.25) is 10.1 Å². The van der Waals surface area contributed by atoms with Gasteiger partial charge in [0.05, 0.1) is 4.92 Å². The normalized spacial score (nSPS) is 16.6. The number of carbonyl (C=O) groups excluding carboxylic acids is 1. The number of nitro groups is 1. The first kappa shape index (κ1) is 33.9. The lowest BCUT2D eigenvalue weighted by Gasteiger charge is -2.41. The van der Waals surface area contributed by atoms with Crippen molar-refractivity contribution in [2.45, 2.75) is 60.5 Å². The van der Waals surface area contributed by atoms with Crippen LogP contribution >= 0.6 is 0 Å². The highest BCUT2D eigenvalue weighted by Gasteiger charge is 2.92. The first-order chi connectivity index (χ1) is 17.2. The Labute approximate surface area is 202 Å². The molecular weight excluding hydrogens is 605 g/mol. The monoisotopic (exact) mass is 613 g/mol. The number of hydrogen-bond donors (Lipinski definition) is 0. The third kappa shape index (κ3) is 5.24. The number of para-hydroxylation sites is 2.